The second kappa shape index (κ2) is 9.51. The summed E-state index contributed by atoms with van der Waals surface area (Å²) >= 11 is 0. The minimum Gasteiger partial charge on any atom is -0.474 e. The van der Waals surface area contributed by atoms with Crippen molar-refractivity contribution in [1.82, 2.24) is 15.3 Å². The number of hydrogen-bond donors (Lipinski definition) is 3. The van der Waals surface area contributed by atoms with Crippen LogP contribution in [0.1, 0.15) is 12.0 Å². The van der Waals surface area contributed by atoms with Crippen molar-refractivity contribution < 1.29 is 28.1 Å². The lowest BCUT2D eigenvalue weighted by atomic mass is 9.97. The van der Waals surface area contributed by atoms with Gasteiger partial charge in [0.25, 0.3) is 0 Å². The first-order valence-corrected chi connectivity index (χ1v) is 11.3. The molecule has 0 saturated carbocycles. The lowest BCUT2D eigenvalue weighted by Crippen LogP contribution is -2.50. The van der Waals surface area contributed by atoms with Gasteiger partial charge in [-0.05, 0) is 30.4 Å². The zero-order valence-corrected chi connectivity index (χ0v) is 19.4. The Balaban J connectivity index is 1.44. The van der Waals surface area contributed by atoms with E-state index < -0.39 is 11.9 Å². The summed E-state index contributed by atoms with van der Waals surface area (Å²) in [6, 6.07) is 2.96. The van der Waals surface area contributed by atoms with Crippen LogP contribution >= 0.6 is 0 Å². The normalized spacial score (nSPS) is 19.4. The number of methoxy groups -OCH3 is 1. The Labute approximate surface area is 200 Å². The van der Waals surface area contributed by atoms with Crippen LogP contribution < -0.4 is 25.8 Å². The van der Waals surface area contributed by atoms with Crippen LogP contribution in [-0.2, 0) is 9.47 Å². The summed E-state index contributed by atoms with van der Waals surface area (Å²) in [6.45, 7) is 3.92. The number of nitrogens with one attached hydrogen (secondary N) is 2. The summed E-state index contributed by atoms with van der Waals surface area (Å²) in [5, 5.41) is 7.02. The van der Waals surface area contributed by atoms with E-state index in [9.17, 15) is 4.79 Å². The van der Waals surface area contributed by atoms with Crippen molar-refractivity contribution in [2.75, 3.05) is 44.5 Å². The zero-order chi connectivity index (χ0) is 24.5. The van der Waals surface area contributed by atoms with E-state index in [-0.39, 0.29) is 29.3 Å². The van der Waals surface area contributed by atoms with Crippen LogP contribution in [0.25, 0.3) is 21.9 Å². The molecule has 4 heterocycles. The van der Waals surface area contributed by atoms with Crippen LogP contribution in [-0.4, -0.2) is 61.7 Å². The Morgan fingerprint density at radius 2 is 2.11 bits per heavy atom. The zero-order valence-electron chi connectivity index (χ0n) is 19.4. The molecule has 2 aliphatic heterocycles. The van der Waals surface area contributed by atoms with Crippen LogP contribution in [0.2, 0.25) is 0 Å². The van der Waals surface area contributed by atoms with E-state index in [1.54, 1.807) is 25.4 Å². The standard InChI is InChI=1S/C24H26FN5O5/c1-12-15(9-29-23-22(12)27-4-6-34-23)14-7-13-8-19(28-10-16(13)21(26)20(14)25)35-24(31)30-17-3-5-33-11-18(17)32-2/h7-10,17-18,27H,3-6,11,26H2,1-2H3,(H,30,31). The number of benzene rings is 1. The van der Waals surface area contributed by atoms with Gasteiger partial charge in [-0.3, -0.25) is 0 Å². The molecule has 10 nitrogen and oxygen atoms in total. The third-order valence-electron chi connectivity index (χ3n) is 6.32. The van der Waals surface area contributed by atoms with Gasteiger partial charge in [0.15, 0.2) is 5.82 Å². The second-order valence-electron chi connectivity index (χ2n) is 8.43. The number of nitrogens with two attached hydrogens (primary N) is 1. The Bertz CT molecular complexity index is 1290. The van der Waals surface area contributed by atoms with Gasteiger partial charge in [-0.15, -0.1) is 0 Å². The molecule has 2 aliphatic rings. The molecule has 1 fully saturated rings. The monoisotopic (exact) mass is 483 g/mol. The number of carbonyl (C=O) groups is 1. The average Bonchev–Trinajstić information content (AvgIpc) is 2.87. The van der Waals surface area contributed by atoms with E-state index in [4.69, 9.17) is 24.7 Å². The molecule has 1 aromatic carbocycles. The molecular weight excluding hydrogens is 457 g/mol. The third kappa shape index (κ3) is 4.40. The largest absolute Gasteiger partial charge is 0.474 e. The number of amides is 1. The molecule has 2 atom stereocenters. The number of rotatable bonds is 4. The van der Waals surface area contributed by atoms with Gasteiger partial charge in [0, 0.05) is 55.2 Å². The Morgan fingerprint density at radius 1 is 1.26 bits per heavy atom. The SMILES string of the molecule is COC1COCCC1NC(=O)Oc1cc2cc(-c3cnc4c(c3C)NCCO4)c(F)c(N)c2cn1. The molecule has 2 unspecified atom stereocenters. The van der Waals surface area contributed by atoms with Gasteiger partial charge >= 0.3 is 6.09 Å². The van der Waals surface area contributed by atoms with Crippen LogP contribution in [0.5, 0.6) is 11.8 Å². The molecule has 2 aromatic heterocycles. The number of pyridine rings is 2. The molecule has 0 radical (unpaired) electrons. The summed E-state index contributed by atoms with van der Waals surface area (Å²) < 4.78 is 37.0. The summed E-state index contributed by atoms with van der Waals surface area (Å²) in [7, 11) is 1.56. The second-order valence-corrected chi connectivity index (χ2v) is 8.43. The molecule has 1 amide bonds. The van der Waals surface area contributed by atoms with Crippen molar-refractivity contribution in [1.29, 1.82) is 0 Å². The van der Waals surface area contributed by atoms with Crippen molar-refractivity contribution >= 4 is 28.2 Å². The number of ether oxygens (including phenoxy) is 4. The molecule has 184 valence electrons. The Kier molecular flexibility index (Phi) is 6.27. The molecule has 0 bridgehead atoms. The number of aromatic nitrogens is 2. The Hall–Kier alpha value is -3.70. The highest BCUT2D eigenvalue weighted by molar-refractivity contribution is 5.98. The van der Waals surface area contributed by atoms with Crippen LogP contribution in [0.15, 0.2) is 24.5 Å². The summed E-state index contributed by atoms with van der Waals surface area (Å²) in [4.78, 5) is 21.0. The molecule has 1 saturated heterocycles. The Morgan fingerprint density at radius 3 is 2.94 bits per heavy atom. The van der Waals surface area contributed by atoms with E-state index in [0.29, 0.717) is 55.0 Å². The molecular formula is C24H26FN5O5. The van der Waals surface area contributed by atoms with Gasteiger partial charge in [0.1, 0.15) is 18.4 Å². The van der Waals surface area contributed by atoms with Crippen molar-refractivity contribution in [2.45, 2.75) is 25.5 Å². The number of fused-ring (bicyclic) bond motifs is 2. The van der Waals surface area contributed by atoms with Crippen LogP contribution in [0, 0.1) is 12.7 Å². The van der Waals surface area contributed by atoms with Crippen molar-refractivity contribution in [2.24, 2.45) is 0 Å². The van der Waals surface area contributed by atoms with E-state index in [0.717, 1.165) is 11.3 Å². The van der Waals surface area contributed by atoms with Gasteiger partial charge in [0.2, 0.25) is 11.8 Å². The molecule has 35 heavy (non-hydrogen) atoms. The lowest BCUT2D eigenvalue weighted by Gasteiger charge is -2.30. The van der Waals surface area contributed by atoms with Crippen LogP contribution in [0.4, 0.5) is 20.6 Å². The predicted octanol–water partition coefficient (Wildman–Crippen LogP) is 3.02. The first-order valence-electron chi connectivity index (χ1n) is 11.3. The average molecular weight is 484 g/mol. The highest BCUT2D eigenvalue weighted by Gasteiger charge is 2.28. The summed E-state index contributed by atoms with van der Waals surface area (Å²) in [5.74, 6) is -0.0291. The van der Waals surface area contributed by atoms with Crippen molar-refractivity contribution in [3.63, 3.8) is 0 Å². The van der Waals surface area contributed by atoms with Crippen molar-refractivity contribution in [3.8, 4) is 22.9 Å². The van der Waals surface area contributed by atoms with Gasteiger partial charge in [0.05, 0.1) is 18.3 Å². The van der Waals surface area contributed by atoms with E-state index in [1.165, 1.54) is 6.20 Å². The third-order valence-corrected chi connectivity index (χ3v) is 6.32. The molecule has 0 aliphatic carbocycles. The number of carbonyl (C=O) groups excluding carboxylic acids is 1. The minimum absolute atomic E-state index is 0.0486. The first-order chi connectivity index (χ1) is 17.0. The molecule has 0 spiro atoms. The van der Waals surface area contributed by atoms with E-state index in [2.05, 4.69) is 20.6 Å². The quantitative estimate of drug-likeness (QED) is 0.480. The fourth-order valence-corrected chi connectivity index (χ4v) is 4.41. The van der Waals surface area contributed by atoms with E-state index >= 15 is 4.39 Å². The molecule has 4 N–H and O–H groups in total. The molecule has 11 heteroatoms. The number of nitrogens with zero attached hydrogens (tertiary/aromatic N) is 2. The fraction of sp³-hybridized carbons (Fsp3) is 0.375. The van der Waals surface area contributed by atoms with Gasteiger partial charge < -0.3 is 35.3 Å². The van der Waals surface area contributed by atoms with E-state index in [1.807, 2.05) is 6.92 Å². The number of hydrogen-bond acceptors (Lipinski definition) is 9. The summed E-state index contributed by atoms with van der Waals surface area (Å²) in [5.41, 5.74) is 8.46. The van der Waals surface area contributed by atoms with Gasteiger partial charge in [-0.25, -0.2) is 19.2 Å². The number of anilines is 2. The maximum atomic E-state index is 15.3. The number of nitrogen functional groups attached to an aromatic ring is 1. The maximum Gasteiger partial charge on any atom is 0.414 e. The van der Waals surface area contributed by atoms with Gasteiger partial charge in [-0.1, -0.05) is 0 Å². The van der Waals surface area contributed by atoms with Crippen molar-refractivity contribution in [3.05, 3.63) is 35.9 Å². The highest BCUT2D eigenvalue weighted by atomic mass is 19.1. The molecule has 5 rings (SSSR count). The predicted molar refractivity (Wildman–Crippen MR) is 127 cm³/mol. The maximum absolute atomic E-state index is 15.3. The fourth-order valence-electron chi connectivity index (χ4n) is 4.41. The summed E-state index contributed by atoms with van der Waals surface area (Å²) in [6.07, 6.45) is 2.63. The molecule has 3 aromatic rings. The lowest BCUT2D eigenvalue weighted by molar-refractivity contribution is -0.0480. The first kappa shape index (κ1) is 23.1. The van der Waals surface area contributed by atoms with Crippen LogP contribution in [0.3, 0.4) is 0 Å². The van der Waals surface area contributed by atoms with Gasteiger partial charge in [-0.2, -0.15) is 0 Å². The minimum atomic E-state index is -0.665. The number of halogens is 1. The highest BCUT2D eigenvalue weighted by Crippen LogP contribution is 2.39. The smallest absolute Gasteiger partial charge is 0.414 e. The topological polar surface area (TPSA) is 130 Å².